The summed E-state index contributed by atoms with van der Waals surface area (Å²) in [6.45, 7) is 0. The minimum atomic E-state index is -1.31. The Balaban J connectivity index is 2.55. The van der Waals surface area contributed by atoms with E-state index in [0.717, 1.165) is 5.56 Å². The van der Waals surface area contributed by atoms with E-state index in [4.69, 9.17) is 5.11 Å². The summed E-state index contributed by atoms with van der Waals surface area (Å²) in [6, 6.07) is 9.62. The smallest absolute Gasteiger partial charge is 0.319 e. The van der Waals surface area contributed by atoms with Crippen LogP contribution in [0.2, 0.25) is 0 Å². The van der Waals surface area contributed by atoms with Crippen LogP contribution in [0.5, 0.6) is 0 Å². The zero-order chi connectivity index (χ0) is 11.3. The van der Waals surface area contributed by atoms with Crippen molar-refractivity contribution in [3.8, 4) is 0 Å². The molecule has 0 aliphatic rings. The molecule has 4 heteroatoms. The lowest BCUT2D eigenvalue weighted by Gasteiger charge is -2.08. The summed E-state index contributed by atoms with van der Waals surface area (Å²) >= 11 is 0. The van der Waals surface area contributed by atoms with Gasteiger partial charge in [0.2, 0.25) is 0 Å². The molecule has 0 aliphatic heterocycles. The average molecular weight is 226 g/mol. The molecule has 0 saturated carbocycles. The number of carboxylic acids is 1. The van der Waals surface area contributed by atoms with Crippen LogP contribution in [0.25, 0.3) is 0 Å². The van der Waals surface area contributed by atoms with Gasteiger partial charge in [-0.1, -0.05) is 30.3 Å². The molecule has 0 amide bonds. The van der Waals surface area contributed by atoms with E-state index in [-0.39, 0.29) is 0 Å². The van der Waals surface area contributed by atoms with Crippen LogP contribution in [0.15, 0.2) is 30.3 Å². The number of aliphatic carboxylic acids is 1. The number of aryl methyl sites for hydroxylation is 1. The lowest BCUT2D eigenvalue weighted by molar-refractivity contribution is -0.136. The first-order valence-electron chi connectivity index (χ1n) is 4.70. The molecule has 82 valence electrons. The quantitative estimate of drug-likeness (QED) is 0.826. The van der Waals surface area contributed by atoms with Crippen molar-refractivity contribution in [1.29, 1.82) is 0 Å². The Morgan fingerprint density at radius 3 is 2.47 bits per heavy atom. The molecule has 0 aromatic heterocycles. The van der Waals surface area contributed by atoms with Gasteiger partial charge in [-0.25, -0.2) is 0 Å². The molecule has 3 nitrogen and oxygen atoms in total. The largest absolute Gasteiger partial charge is 0.480 e. The summed E-state index contributed by atoms with van der Waals surface area (Å²) in [7, 11) is -1.31. The maximum Gasteiger partial charge on any atom is 0.319 e. The summed E-state index contributed by atoms with van der Waals surface area (Å²) in [5.41, 5.74) is 1.08. The predicted molar refractivity (Wildman–Crippen MR) is 60.3 cm³/mol. The fourth-order valence-corrected chi connectivity index (χ4v) is 2.11. The first kappa shape index (κ1) is 11.9. The maximum atomic E-state index is 11.1. The second kappa shape index (κ2) is 5.66. The second-order valence-corrected chi connectivity index (χ2v) is 4.92. The Labute approximate surface area is 91.6 Å². The molecule has 1 N–H and O–H groups in total. The summed E-state index contributed by atoms with van der Waals surface area (Å²) in [5, 5.41) is 8.07. The van der Waals surface area contributed by atoms with Crippen LogP contribution in [-0.2, 0) is 22.0 Å². The zero-order valence-corrected chi connectivity index (χ0v) is 9.37. The van der Waals surface area contributed by atoms with E-state index in [1.807, 2.05) is 30.3 Å². The molecular formula is C11H14O3S. The van der Waals surface area contributed by atoms with Crippen LogP contribution < -0.4 is 0 Å². The standard InChI is InChI=1S/C11H14O3S/c1-15(14)10(11(12)13)8-7-9-5-3-2-4-6-9/h2-6,10H,7-8H2,1H3,(H,12,13). The van der Waals surface area contributed by atoms with Gasteiger partial charge in [-0.2, -0.15) is 0 Å². The van der Waals surface area contributed by atoms with Gasteiger partial charge in [-0.15, -0.1) is 0 Å². The lowest BCUT2D eigenvalue weighted by atomic mass is 10.1. The molecule has 2 unspecified atom stereocenters. The summed E-state index contributed by atoms with van der Waals surface area (Å²) < 4.78 is 11.1. The van der Waals surface area contributed by atoms with Gasteiger partial charge < -0.3 is 5.11 Å². The molecule has 1 rings (SSSR count). The van der Waals surface area contributed by atoms with Gasteiger partial charge in [0.15, 0.2) is 0 Å². The Bertz CT molecular complexity index is 334. The summed E-state index contributed by atoms with van der Waals surface area (Å²) in [6.07, 6.45) is 2.50. The average Bonchev–Trinajstić information content (AvgIpc) is 2.18. The monoisotopic (exact) mass is 226 g/mol. The fourth-order valence-electron chi connectivity index (χ4n) is 1.37. The number of benzene rings is 1. The van der Waals surface area contributed by atoms with Gasteiger partial charge in [-0.3, -0.25) is 9.00 Å². The van der Waals surface area contributed by atoms with Crippen LogP contribution in [0.3, 0.4) is 0 Å². The van der Waals surface area contributed by atoms with E-state index in [0.29, 0.717) is 12.8 Å². The summed E-state index contributed by atoms with van der Waals surface area (Å²) in [4.78, 5) is 10.8. The predicted octanol–water partition coefficient (Wildman–Crippen LogP) is 1.45. The Morgan fingerprint density at radius 2 is 2.00 bits per heavy atom. The molecule has 1 aromatic carbocycles. The van der Waals surface area contributed by atoms with E-state index in [1.54, 1.807) is 0 Å². The third-order valence-corrected chi connectivity index (χ3v) is 3.45. The minimum absolute atomic E-state index is 0.419. The lowest BCUT2D eigenvalue weighted by Crippen LogP contribution is -2.25. The van der Waals surface area contributed by atoms with Crippen LogP contribution in [0.1, 0.15) is 12.0 Å². The Morgan fingerprint density at radius 1 is 1.40 bits per heavy atom. The highest BCUT2D eigenvalue weighted by atomic mass is 32.2. The van der Waals surface area contributed by atoms with Crippen molar-refractivity contribution < 1.29 is 14.1 Å². The van der Waals surface area contributed by atoms with Crippen molar-refractivity contribution in [2.45, 2.75) is 18.1 Å². The summed E-state index contributed by atoms with van der Waals surface area (Å²) in [5.74, 6) is -0.980. The zero-order valence-electron chi connectivity index (χ0n) is 8.55. The molecule has 0 saturated heterocycles. The minimum Gasteiger partial charge on any atom is -0.480 e. The van der Waals surface area contributed by atoms with Crippen LogP contribution >= 0.6 is 0 Å². The van der Waals surface area contributed by atoms with Crippen molar-refractivity contribution in [3.63, 3.8) is 0 Å². The number of hydrogen-bond acceptors (Lipinski definition) is 2. The topological polar surface area (TPSA) is 54.4 Å². The number of carboxylic acid groups (broad SMARTS) is 1. The number of hydrogen-bond donors (Lipinski definition) is 1. The molecule has 0 heterocycles. The first-order chi connectivity index (χ1) is 7.11. The third-order valence-electron chi connectivity index (χ3n) is 2.21. The molecule has 15 heavy (non-hydrogen) atoms. The Hall–Kier alpha value is -1.16. The van der Waals surface area contributed by atoms with Crippen LogP contribution in [-0.4, -0.2) is 26.8 Å². The molecule has 0 spiro atoms. The highest BCUT2D eigenvalue weighted by Crippen LogP contribution is 2.08. The molecule has 0 aliphatic carbocycles. The van der Waals surface area contributed by atoms with Gasteiger partial charge in [0.25, 0.3) is 0 Å². The van der Waals surface area contributed by atoms with Gasteiger partial charge in [0.05, 0.1) is 0 Å². The molecule has 0 radical (unpaired) electrons. The van der Waals surface area contributed by atoms with Gasteiger partial charge >= 0.3 is 5.97 Å². The van der Waals surface area contributed by atoms with E-state index < -0.39 is 22.0 Å². The van der Waals surface area contributed by atoms with Crippen molar-refractivity contribution in [2.75, 3.05) is 6.26 Å². The second-order valence-electron chi connectivity index (χ2n) is 3.35. The van der Waals surface area contributed by atoms with E-state index in [2.05, 4.69) is 0 Å². The van der Waals surface area contributed by atoms with E-state index in [9.17, 15) is 9.00 Å². The molecule has 1 aromatic rings. The van der Waals surface area contributed by atoms with Crippen molar-refractivity contribution >= 4 is 16.8 Å². The fraction of sp³-hybridized carbons (Fsp3) is 0.364. The van der Waals surface area contributed by atoms with Gasteiger partial charge in [-0.05, 0) is 18.4 Å². The van der Waals surface area contributed by atoms with Crippen molar-refractivity contribution in [3.05, 3.63) is 35.9 Å². The van der Waals surface area contributed by atoms with E-state index >= 15 is 0 Å². The number of carbonyl (C=O) groups is 1. The molecule has 2 atom stereocenters. The highest BCUT2D eigenvalue weighted by Gasteiger charge is 2.20. The van der Waals surface area contributed by atoms with E-state index in [1.165, 1.54) is 6.26 Å². The Kier molecular flexibility index (Phi) is 4.49. The van der Waals surface area contributed by atoms with Crippen LogP contribution in [0, 0.1) is 0 Å². The SMILES string of the molecule is CS(=O)C(CCc1ccccc1)C(=O)O. The van der Waals surface area contributed by atoms with Crippen LogP contribution in [0.4, 0.5) is 0 Å². The van der Waals surface area contributed by atoms with Gasteiger partial charge in [0, 0.05) is 17.1 Å². The highest BCUT2D eigenvalue weighted by molar-refractivity contribution is 7.85. The van der Waals surface area contributed by atoms with Gasteiger partial charge in [0.1, 0.15) is 5.25 Å². The third kappa shape index (κ3) is 3.83. The molecule has 0 bridgehead atoms. The maximum absolute atomic E-state index is 11.1. The van der Waals surface area contributed by atoms with Crippen molar-refractivity contribution in [2.24, 2.45) is 0 Å². The normalized spacial score (nSPS) is 14.5. The van der Waals surface area contributed by atoms with Crippen molar-refractivity contribution in [1.82, 2.24) is 0 Å². The first-order valence-corrected chi connectivity index (χ1v) is 6.32. The molecule has 0 fully saturated rings. The number of rotatable bonds is 5. The molecular weight excluding hydrogens is 212 g/mol.